The quantitative estimate of drug-likeness (QED) is 0.550. The standard InChI is InChI=1S/C13H9N5/c1-2-6-10-9(5-1)12(16-15-10)13-14-11-7-3-4-8-18(11)17-13/h1-8H,(H,15,16). The number of nitrogens with zero attached hydrogens (tertiary/aromatic N) is 4. The summed E-state index contributed by atoms with van der Waals surface area (Å²) in [5.41, 5.74) is 2.60. The van der Waals surface area contributed by atoms with Crippen LogP contribution in [0.25, 0.3) is 28.1 Å². The molecule has 0 aliphatic carbocycles. The Bertz CT molecular complexity index is 809. The van der Waals surface area contributed by atoms with Crippen molar-refractivity contribution in [2.75, 3.05) is 0 Å². The molecule has 0 amide bonds. The van der Waals surface area contributed by atoms with Crippen molar-refractivity contribution < 1.29 is 0 Å². The molecule has 0 unspecified atom stereocenters. The van der Waals surface area contributed by atoms with Crippen molar-refractivity contribution in [2.24, 2.45) is 0 Å². The fourth-order valence-electron chi connectivity index (χ4n) is 2.07. The maximum atomic E-state index is 4.47. The van der Waals surface area contributed by atoms with Gasteiger partial charge in [0.05, 0.1) is 5.52 Å². The van der Waals surface area contributed by atoms with Gasteiger partial charge in [0.2, 0.25) is 5.82 Å². The number of pyridine rings is 1. The van der Waals surface area contributed by atoms with Gasteiger partial charge in [-0.05, 0) is 18.2 Å². The highest BCUT2D eigenvalue weighted by Gasteiger charge is 2.12. The second-order valence-electron chi connectivity index (χ2n) is 4.06. The molecule has 0 radical (unpaired) electrons. The number of H-pyrrole nitrogens is 1. The van der Waals surface area contributed by atoms with Crippen LogP contribution in [0, 0.1) is 0 Å². The van der Waals surface area contributed by atoms with E-state index >= 15 is 0 Å². The van der Waals surface area contributed by atoms with Gasteiger partial charge in [0.1, 0.15) is 5.69 Å². The molecule has 1 N–H and O–H groups in total. The van der Waals surface area contributed by atoms with Crippen LogP contribution in [-0.4, -0.2) is 24.8 Å². The van der Waals surface area contributed by atoms with Crippen molar-refractivity contribution in [3.63, 3.8) is 0 Å². The third kappa shape index (κ3) is 1.24. The first-order valence-corrected chi connectivity index (χ1v) is 5.67. The number of benzene rings is 1. The van der Waals surface area contributed by atoms with Crippen LogP contribution in [0.3, 0.4) is 0 Å². The first-order chi connectivity index (χ1) is 8.92. The summed E-state index contributed by atoms with van der Waals surface area (Å²) in [4.78, 5) is 4.47. The first kappa shape index (κ1) is 9.35. The van der Waals surface area contributed by atoms with Gasteiger partial charge in [-0.2, -0.15) is 5.10 Å². The molecular weight excluding hydrogens is 226 g/mol. The van der Waals surface area contributed by atoms with E-state index in [0.717, 1.165) is 22.2 Å². The van der Waals surface area contributed by atoms with E-state index in [-0.39, 0.29) is 0 Å². The van der Waals surface area contributed by atoms with E-state index in [0.29, 0.717) is 5.82 Å². The van der Waals surface area contributed by atoms with E-state index in [9.17, 15) is 0 Å². The monoisotopic (exact) mass is 235 g/mol. The molecule has 0 bridgehead atoms. The van der Waals surface area contributed by atoms with Gasteiger partial charge in [-0.15, -0.1) is 5.10 Å². The molecule has 1 aromatic carbocycles. The highest BCUT2D eigenvalue weighted by atomic mass is 15.3. The van der Waals surface area contributed by atoms with Crippen LogP contribution in [0.2, 0.25) is 0 Å². The fraction of sp³-hybridized carbons (Fsp3) is 0. The number of aromatic nitrogens is 5. The molecule has 0 fully saturated rings. The summed E-state index contributed by atoms with van der Waals surface area (Å²) < 4.78 is 1.75. The van der Waals surface area contributed by atoms with Crippen LogP contribution >= 0.6 is 0 Å². The average Bonchev–Trinajstić information content (AvgIpc) is 3.02. The minimum atomic E-state index is 0.638. The lowest BCUT2D eigenvalue weighted by Gasteiger charge is -1.89. The zero-order chi connectivity index (χ0) is 11.9. The van der Waals surface area contributed by atoms with Gasteiger partial charge in [0.15, 0.2) is 5.65 Å². The van der Waals surface area contributed by atoms with Gasteiger partial charge in [0, 0.05) is 11.6 Å². The van der Waals surface area contributed by atoms with E-state index in [1.54, 1.807) is 4.52 Å². The summed E-state index contributed by atoms with van der Waals surface area (Å²) in [5, 5.41) is 12.8. The largest absolute Gasteiger partial charge is 0.277 e. The van der Waals surface area contributed by atoms with Crippen molar-refractivity contribution in [1.82, 2.24) is 24.8 Å². The average molecular weight is 235 g/mol. The minimum absolute atomic E-state index is 0.638. The number of hydrogen-bond acceptors (Lipinski definition) is 3. The molecule has 0 saturated heterocycles. The lowest BCUT2D eigenvalue weighted by molar-refractivity contribution is 0.960. The Morgan fingerprint density at radius 2 is 1.89 bits per heavy atom. The lowest BCUT2D eigenvalue weighted by Crippen LogP contribution is -1.85. The molecule has 3 aromatic heterocycles. The Morgan fingerprint density at radius 3 is 2.83 bits per heavy atom. The minimum Gasteiger partial charge on any atom is -0.277 e. The maximum absolute atomic E-state index is 4.47. The summed E-state index contributed by atoms with van der Waals surface area (Å²) in [6, 6.07) is 13.7. The molecule has 18 heavy (non-hydrogen) atoms. The summed E-state index contributed by atoms with van der Waals surface area (Å²) in [7, 11) is 0. The van der Waals surface area contributed by atoms with Crippen molar-refractivity contribution in [3.05, 3.63) is 48.7 Å². The molecule has 0 atom stereocenters. The third-order valence-corrected chi connectivity index (χ3v) is 2.92. The maximum Gasteiger partial charge on any atom is 0.203 e. The first-order valence-electron chi connectivity index (χ1n) is 5.67. The van der Waals surface area contributed by atoms with Crippen LogP contribution in [0.15, 0.2) is 48.7 Å². The normalized spacial score (nSPS) is 11.3. The molecule has 0 spiro atoms. The number of aromatic amines is 1. The smallest absolute Gasteiger partial charge is 0.203 e. The molecular formula is C13H9N5. The SMILES string of the molecule is c1ccc2c(-c3nc4ccccn4n3)n[nH]c2c1. The zero-order valence-electron chi connectivity index (χ0n) is 9.41. The zero-order valence-corrected chi connectivity index (χ0v) is 9.41. The molecule has 0 saturated carbocycles. The molecule has 4 aromatic rings. The number of para-hydroxylation sites is 1. The van der Waals surface area contributed by atoms with Gasteiger partial charge in [-0.3, -0.25) is 5.10 Å². The van der Waals surface area contributed by atoms with Crippen LogP contribution in [0.5, 0.6) is 0 Å². The van der Waals surface area contributed by atoms with Crippen LogP contribution in [0.1, 0.15) is 0 Å². The Hall–Kier alpha value is -2.69. The molecule has 3 heterocycles. The van der Waals surface area contributed by atoms with E-state index in [4.69, 9.17) is 0 Å². The van der Waals surface area contributed by atoms with Gasteiger partial charge in [0.25, 0.3) is 0 Å². The second-order valence-corrected chi connectivity index (χ2v) is 4.06. The van der Waals surface area contributed by atoms with Crippen molar-refractivity contribution in [2.45, 2.75) is 0 Å². The topological polar surface area (TPSA) is 58.9 Å². The third-order valence-electron chi connectivity index (χ3n) is 2.92. The Balaban J connectivity index is 2.01. The van der Waals surface area contributed by atoms with Crippen LogP contribution in [0.4, 0.5) is 0 Å². The number of hydrogen-bond donors (Lipinski definition) is 1. The molecule has 4 rings (SSSR count). The molecule has 5 heteroatoms. The Labute approximate surface area is 102 Å². The number of nitrogens with one attached hydrogen (secondary N) is 1. The molecule has 86 valence electrons. The molecule has 5 nitrogen and oxygen atoms in total. The van der Waals surface area contributed by atoms with Gasteiger partial charge >= 0.3 is 0 Å². The van der Waals surface area contributed by atoms with Gasteiger partial charge in [-0.25, -0.2) is 9.50 Å². The van der Waals surface area contributed by atoms with Crippen LogP contribution < -0.4 is 0 Å². The summed E-state index contributed by atoms with van der Waals surface area (Å²) >= 11 is 0. The summed E-state index contributed by atoms with van der Waals surface area (Å²) in [5.74, 6) is 0.638. The van der Waals surface area contributed by atoms with Gasteiger partial charge < -0.3 is 0 Å². The summed E-state index contributed by atoms with van der Waals surface area (Å²) in [6.45, 7) is 0. The lowest BCUT2D eigenvalue weighted by atomic mass is 10.2. The van der Waals surface area contributed by atoms with Crippen molar-refractivity contribution >= 4 is 16.6 Å². The van der Waals surface area contributed by atoms with E-state index < -0.39 is 0 Å². The fourth-order valence-corrected chi connectivity index (χ4v) is 2.07. The Kier molecular flexibility index (Phi) is 1.77. The predicted molar refractivity (Wildman–Crippen MR) is 68.1 cm³/mol. The number of rotatable bonds is 1. The van der Waals surface area contributed by atoms with Crippen molar-refractivity contribution in [1.29, 1.82) is 0 Å². The van der Waals surface area contributed by atoms with E-state index in [1.807, 2.05) is 48.7 Å². The van der Waals surface area contributed by atoms with E-state index in [2.05, 4.69) is 20.3 Å². The molecule has 0 aliphatic heterocycles. The number of fused-ring (bicyclic) bond motifs is 2. The highest BCUT2D eigenvalue weighted by Crippen LogP contribution is 2.23. The highest BCUT2D eigenvalue weighted by molar-refractivity contribution is 5.91. The van der Waals surface area contributed by atoms with E-state index in [1.165, 1.54) is 0 Å². The Morgan fingerprint density at radius 1 is 1.00 bits per heavy atom. The van der Waals surface area contributed by atoms with Crippen molar-refractivity contribution in [3.8, 4) is 11.5 Å². The molecule has 0 aliphatic rings. The van der Waals surface area contributed by atoms with Crippen LogP contribution in [-0.2, 0) is 0 Å². The summed E-state index contributed by atoms with van der Waals surface area (Å²) in [6.07, 6.45) is 1.88. The predicted octanol–water partition coefficient (Wildman–Crippen LogP) is 2.27. The van der Waals surface area contributed by atoms with Gasteiger partial charge in [-0.1, -0.05) is 24.3 Å². The second kappa shape index (κ2) is 3.40.